The summed E-state index contributed by atoms with van der Waals surface area (Å²) in [6.45, 7) is 0.626. The van der Waals surface area contributed by atoms with Gasteiger partial charge in [0.2, 0.25) is 10.0 Å². The zero-order valence-corrected chi connectivity index (χ0v) is 8.37. The summed E-state index contributed by atoms with van der Waals surface area (Å²) < 4.78 is 24.1. The van der Waals surface area contributed by atoms with Crippen LogP contribution in [0.5, 0.6) is 0 Å². The van der Waals surface area contributed by atoms with E-state index in [9.17, 15) is 8.42 Å². The second-order valence-electron chi connectivity index (χ2n) is 2.47. The van der Waals surface area contributed by atoms with Crippen LogP contribution in [0.3, 0.4) is 0 Å². The van der Waals surface area contributed by atoms with Gasteiger partial charge < -0.3 is 0 Å². The average molecular weight is 217 g/mol. The molecule has 0 aromatic heterocycles. The van der Waals surface area contributed by atoms with Gasteiger partial charge in [0.25, 0.3) is 0 Å². The first kappa shape index (κ1) is 12.7. The van der Waals surface area contributed by atoms with Crippen molar-refractivity contribution in [3.05, 3.63) is 10.4 Å². The summed E-state index contributed by atoms with van der Waals surface area (Å²) in [7, 11) is -3.44. The van der Waals surface area contributed by atoms with Crippen molar-refractivity contribution in [3.63, 3.8) is 0 Å². The van der Waals surface area contributed by atoms with Gasteiger partial charge in [0.15, 0.2) is 5.75 Å². The molecule has 0 fully saturated rings. The van der Waals surface area contributed by atoms with Crippen LogP contribution >= 0.6 is 0 Å². The number of hydrogen-bond donors (Lipinski definition) is 1. The van der Waals surface area contributed by atoms with Gasteiger partial charge in [-0.15, -0.1) is 0 Å². The Bertz CT molecular complexity index is 338. The van der Waals surface area contributed by atoms with Crippen LogP contribution in [-0.2, 0) is 10.0 Å². The molecule has 0 aromatic rings. The maximum Gasteiger partial charge on any atom is 0.225 e. The molecule has 14 heavy (non-hydrogen) atoms. The minimum atomic E-state index is -3.44. The van der Waals surface area contributed by atoms with Crippen molar-refractivity contribution in [2.24, 2.45) is 5.11 Å². The van der Waals surface area contributed by atoms with Gasteiger partial charge in [-0.05, 0) is 18.4 Å². The minimum absolute atomic E-state index is 0.269. The molecular formula is C6H11N5O2S. The Morgan fingerprint density at radius 2 is 2.21 bits per heavy atom. The third-order valence-electron chi connectivity index (χ3n) is 1.32. The first-order chi connectivity index (χ1) is 6.62. The molecule has 0 bridgehead atoms. The molecule has 7 nitrogen and oxygen atoms in total. The van der Waals surface area contributed by atoms with Crippen LogP contribution < -0.4 is 4.72 Å². The normalized spacial score (nSPS) is 10.2. The molecule has 0 unspecified atom stereocenters. The van der Waals surface area contributed by atoms with E-state index in [-0.39, 0.29) is 6.54 Å². The molecule has 0 spiro atoms. The van der Waals surface area contributed by atoms with Crippen LogP contribution in [0.2, 0.25) is 0 Å². The molecule has 0 aliphatic carbocycles. The van der Waals surface area contributed by atoms with E-state index in [1.54, 1.807) is 6.07 Å². The fraction of sp³-hybridized carbons (Fsp3) is 0.833. The van der Waals surface area contributed by atoms with E-state index in [0.29, 0.717) is 19.4 Å². The van der Waals surface area contributed by atoms with Gasteiger partial charge >= 0.3 is 0 Å². The van der Waals surface area contributed by atoms with Crippen molar-refractivity contribution < 1.29 is 8.42 Å². The topological polar surface area (TPSA) is 119 Å². The zero-order chi connectivity index (χ0) is 10.9. The highest BCUT2D eigenvalue weighted by atomic mass is 32.2. The largest absolute Gasteiger partial charge is 0.225 e. The molecule has 0 saturated heterocycles. The number of rotatable bonds is 7. The Labute approximate surface area is 82.4 Å². The van der Waals surface area contributed by atoms with E-state index >= 15 is 0 Å². The van der Waals surface area contributed by atoms with Crippen LogP contribution in [0, 0.1) is 11.3 Å². The average Bonchev–Trinajstić information content (AvgIpc) is 2.11. The van der Waals surface area contributed by atoms with Gasteiger partial charge in [0.1, 0.15) is 0 Å². The Hall–Kier alpha value is -1.29. The molecular weight excluding hydrogens is 206 g/mol. The van der Waals surface area contributed by atoms with Gasteiger partial charge in [-0.3, -0.25) is 0 Å². The quantitative estimate of drug-likeness (QED) is 0.289. The minimum Gasteiger partial charge on any atom is -0.214 e. The molecule has 0 heterocycles. The lowest BCUT2D eigenvalue weighted by Crippen LogP contribution is -2.26. The summed E-state index contributed by atoms with van der Waals surface area (Å²) in [5.41, 5.74) is 7.93. The monoisotopic (exact) mass is 217 g/mol. The van der Waals surface area contributed by atoms with Crippen LogP contribution in [0.4, 0.5) is 0 Å². The Morgan fingerprint density at radius 3 is 2.79 bits per heavy atom. The summed E-state index contributed by atoms with van der Waals surface area (Å²) in [6, 6.07) is 1.55. The van der Waals surface area contributed by atoms with E-state index in [2.05, 4.69) is 14.7 Å². The third kappa shape index (κ3) is 7.36. The molecule has 0 amide bonds. The van der Waals surface area contributed by atoms with Crippen LogP contribution in [0.15, 0.2) is 5.11 Å². The fourth-order valence-electron chi connectivity index (χ4n) is 0.716. The van der Waals surface area contributed by atoms with Crippen LogP contribution in [0.25, 0.3) is 10.4 Å². The number of nitriles is 1. The van der Waals surface area contributed by atoms with Gasteiger partial charge in [0.05, 0.1) is 6.07 Å². The van der Waals surface area contributed by atoms with E-state index in [0.717, 1.165) is 0 Å². The lowest BCUT2D eigenvalue weighted by Gasteiger charge is -2.01. The molecule has 8 heteroatoms. The van der Waals surface area contributed by atoms with Crippen molar-refractivity contribution in [3.8, 4) is 6.07 Å². The summed E-state index contributed by atoms with van der Waals surface area (Å²) in [5, 5.41) is 11.4. The Kier molecular flexibility index (Phi) is 6.49. The molecule has 0 radical (unpaired) electrons. The van der Waals surface area contributed by atoms with Gasteiger partial charge in [-0.25, -0.2) is 13.1 Å². The second kappa shape index (κ2) is 7.15. The van der Waals surface area contributed by atoms with E-state index in [1.807, 2.05) is 0 Å². The van der Waals surface area contributed by atoms with Crippen molar-refractivity contribution in [2.75, 3.05) is 18.8 Å². The fourth-order valence-corrected chi connectivity index (χ4v) is 1.44. The first-order valence-corrected chi connectivity index (χ1v) is 5.63. The predicted octanol–water partition coefficient (Wildman–Crippen LogP) is 0.520. The molecule has 0 aliphatic rings. The highest BCUT2D eigenvalue weighted by molar-refractivity contribution is 7.89. The van der Waals surface area contributed by atoms with Crippen molar-refractivity contribution in [1.29, 1.82) is 5.26 Å². The Balaban J connectivity index is 3.55. The van der Waals surface area contributed by atoms with Crippen LogP contribution in [0.1, 0.15) is 12.8 Å². The van der Waals surface area contributed by atoms with Crippen molar-refractivity contribution >= 4 is 10.0 Å². The van der Waals surface area contributed by atoms with Crippen molar-refractivity contribution in [2.45, 2.75) is 12.8 Å². The smallest absolute Gasteiger partial charge is 0.214 e. The SMILES string of the molecule is N#CCS(=O)(=O)NCCCCN=[N+]=[N-]. The number of sulfonamides is 1. The third-order valence-corrected chi connectivity index (χ3v) is 2.48. The number of nitrogens with one attached hydrogen (secondary N) is 1. The molecule has 1 N–H and O–H groups in total. The molecule has 78 valence electrons. The number of unbranched alkanes of at least 4 members (excludes halogenated alkanes) is 1. The van der Waals surface area contributed by atoms with Gasteiger partial charge in [0, 0.05) is 18.0 Å². The van der Waals surface area contributed by atoms with Gasteiger partial charge in [-0.1, -0.05) is 5.11 Å². The Morgan fingerprint density at radius 1 is 1.50 bits per heavy atom. The highest BCUT2D eigenvalue weighted by Crippen LogP contribution is 1.90. The summed E-state index contributed by atoms with van der Waals surface area (Å²) in [5.74, 6) is -0.524. The lowest BCUT2D eigenvalue weighted by molar-refractivity contribution is 0.580. The number of hydrogen-bond acceptors (Lipinski definition) is 4. The van der Waals surface area contributed by atoms with Crippen LogP contribution in [-0.4, -0.2) is 27.3 Å². The lowest BCUT2D eigenvalue weighted by atomic mass is 10.3. The number of nitrogens with zero attached hydrogens (tertiary/aromatic N) is 4. The summed E-state index contributed by atoms with van der Waals surface area (Å²) in [4.78, 5) is 2.55. The maximum atomic E-state index is 10.9. The molecule has 0 aromatic carbocycles. The molecule has 0 atom stereocenters. The predicted molar refractivity (Wildman–Crippen MR) is 50.6 cm³/mol. The second-order valence-corrected chi connectivity index (χ2v) is 4.28. The van der Waals surface area contributed by atoms with E-state index < -0.39 is 15.8 Å². The summed E-state index contributed by atoms with van der Waals surface area (Å²) in [6.07, 6.45) is 1.21. The summed E-state index contributed by atoms with van der Waals surface area (Å²) >= 11 is 0. The zero-order valence-electron chi connectivity index (χ0n) is 7.55. The van der Waals surface area contributed by atoms with Crippen molar-refractivity contribution in [1.82, 2.24) is 4.72 Å². The van der Waals surface area contributed by atoms with Gasteiger partial charge in [-0.2, -0.15) is 5.26 Å². The molecule has 0 saturated carbocycles. The standard InChI is InChI=1S/C6H11N5O2S/c7-3-6-14(12,13)10-5-2-1-4-9-11-8/h10H,1-2,4-6H2. The maximum absolute atomic E-state index is 10.9. The number of azide groups is 1. The first-order valence-electron chi connectivity index (χ1n) is 3.97. The molecule has 0 rings (SSSR count). The molecule has 0 aliphatic heterocycles. The van der Waals surface area contributed by atoms with E-state index in [4.69, 9.17) is 10.8 Å². The van der Waals surface area contributed by atoms with E-state index in [1.165, 1.54) is 0 Å². The highest BCUT2D eigenvalue weighted by Gasteiger charge is 2.06.